The van der Waals surface area contributed by atoms with Gasteiger partial charge >= 0.3 is 0 Å². The first kappa shape index (κ1) is 19.0. The van der Waals surface area contributed by atoms with Crippen molar-refractivity contribution in [1.82, 2.24) is 10.1 Å². The molecule has 1 saturated carbocycles. The molecule has 4 nitrogen and oxygen atoms in total. The van der Waals surface area contributed by atoms with E-state index >= 15 is 0 Å². The first-order chi connectivity index (χ1) is 13.5. The van der Waals surface area contributed by atoms with Crippen LogP contribution in [0.4, 0.5) is 0 Å². The Bertz CT molecular complexity index is 943. The maximum absolute atomic E-state index is 6.32. The topological polar surface area (TPSA) is 48.2 Å². The summed E-state index contributed by atoms with van der Waals surface area (Å²) >= 11 is 6.32. The van der Waals surface area contributed by atoms with Crippen molar-refractivity contribution in [2.75, 3.05) is 0 Å². The van der Waals surface area contributed by atoms with E-state index in [4.69, 9.17) is 20.9 Å². The summed E-state index contributed by atoms with van der Waals surface area (Å²) in [4.78, 5) is 4.53. The molecule has 0 saturated heterocycles. The lowest BCUT2D eigenvalue weighted by Gasteiger charge is -2.32. The van der Waals surface area contributed by atoms with Crippen molar-refractivity contribution in [3.63, 3.8) is 0 Å². The zero-order valence-corrected chi connectivity index (χ0v) is 17.2. The van der Waals surface area contributed by atoms with E-state index in [0.717, 1.165) is 29.4 Å². The molecule has 1 aromatic heterocycles. The van der Waals surface area contributed by atoms with Gasteiger partial charge in [0, 0.05) is 11.1 Å². The fourth-order valence-electron chi connectivity index (χ4n) is 3.80. The maximum atomic E-state index is 6.32. The van der Waals surface area contributed by atoms with Crippen LogP contribution in [0.1, 0.15) is 39.2 Å². The van der Waals surface area contributed by atoms with Crippen LogP contribution >= 0.6 is 11.6 Å². The van der Waals surface area contributed by atoms with Crippen LogP contribution in [0.25, 0.3) is 22.8 Å². The molecule has 1 aliphatic carbocycles. The fourth-order valence-corrected chi connectivity index (χ4v) is 4.02. The molecule has 0 unspecified atom stereocenters. The molecule has 1 heterocycles. The highest BCUT2D eigenvalue weighted by molar-refractivity contribution is 6.32. The van der Waals surface area contributed by atoms with E-state index < -0.39 is 0 Å². The van der Waals surface area contributed by atoms with Crippen LogP contribution in [-0.4, -0.2) is 16.2 Å². The lowest BCUT2D eigenvalue weighted by atomic mass is 9.73. The lowest BCUT2D eigenvalue weighted by molar-refractivity contribution is 0.211. The van der Waals surface area contributed by atoms with Gasteiger partial charge < -0.3 is 9.26 Å². The van der Waals surface area contributed by atoms with Crippen molar-refractivity contribution >= 4 is 11.6 Å². The molecule has 0 bridgehead atoms. The van der Waals surface area contributed by atoms with Gasteiger partial charge in [-0.1, -0.05) is 35.8 Å². The number of benzene rings is 2. The molecule has 5 heteroatoms. The molecule has 28 heavy (non-hydrogen) atoms. The van der Waals surface area contributed by atoms with E-state index in [1.165, 1.54) is 18.4 Å². The van der Waals surface area contributed by atoms with Gasteiger partial charge in [0.2, 0.25) is 5.82 Å². The van der Waals surface area contributed by atoms with Crippen LogP contribution in [0, 0.1) is 11.8 Å². The van der Waals surface area contributed by atoms with Crippen molar-refractivity contribution < 1.29 is 9.26 Å². The summed E-state index contributed by atoms with van der Waals surface area (Å²) in [6, 6.07) is 14.0. The summed E-state index contributed by atoms with van der Waals surface area (Å²) in [5.41, 5.74) is 3.09. The summed E-state index contributed by atoms with van der Waals surface area (Å²) in [6.45, 7) is 6.26. The lowest BCUT2D eigenvalue weighted by Crippen LogP contribution is -2.22. The first-order valence-electron chi connectivity index (χ1n) is 9.87. The molecule has 0 atom stereocenters. The monoisotopic (exact) mass is 396 g/mol. The van der Waals surface area contributed by atoms with Crippen LogP contribution in [0.5, 0.6) is 5.75 Å². The molecule has 146 valence electrons. The fraction of sp³-hybridized carbons (Fsp3) is 0.391. The van der Waals surface area contributed by atoms with Gasteiger partial charge in [0.05, 0.1) is 11.1 Å². The molecule has 0 spiro atoms. The molecular weight excluding hydrogens is 372 g/mol. The van der Waals surface area contributed by atoms with Crippen molar-refractivity contribution in [1.29, 1.82) is 0 Å². The maximum Gasteiger partial charge on any atom is 0.258 e. The number of hydrogen-bond donors (Lipinski definition) is 0. The molecule has 0 N–H and O–H groups in total. The van der Waals surface area contributed by atoms with E-state index in [2.05, 4.69) is 41.3 Å². The number of hydrogen-bond acceptors (Lipinski definition) is 4. The molecule has 1 aliphatic rings. The summed E-state index contributed by atoms with van der Waals surface area (Å²) < 4.78 is 11.1. The normalized spacial score (nSPS) is 18.9. The Labute approximate surface area is 170 Å². The van der Waals surface area contributed by atoms with Crippen molar-refractivity contribution in [2.24, 2.45) is 11.8 Å². The second-order valence-corrected chi connectivity index (χ2v) is 8.49. The average molecular weight is 397 g/mol. The predicted octanol–water partition coefficient (Wildman–Crippen LogP) is 6.43. The van der Waals surface area contributed by atoms with Crippen LogP contribution < -0.4 is 4.74 Å². The molecule has 2 aromatic carbocycles. The predicted molar refractivity (Wildman–Crippen MR) is 112 cm³/mol. The van der Waals surface area contributed by atoms with Crippen LogP contribution in [-0.2, 0) is 6.42 Å². The van der Waals surface area contributed by atoms with Gasteiger partial charge in [-0.25, -0.2) is 0 Å². The second-order valence-electron chi connectivity index (χ2n) is 8.08. The molecule has 4 rings (SSSR count). The van der Waals surface area contributed by atoms with E-state index in [9.17, 15) is 0 Å². The minimum absolute atomic E-state index is 0.0655. The highest BCUT2D eigenvalue weighted by atomic mass is 35.5. The Balaban J connectivity index is 1.47. The minimum atomic E-state index is 0.0655. The first-order valence-corrected chi connectivity index (χ1v) is 10.3. The quantitative estimate of drug-likeness (QED) is 0.481. The summed E-state index contributed by atoms with van der Waals surface area (Å²) in [6.07, 6.45) is 3.91. The number of aromatic nitrogens is 2. The van der Waals surface area contributed by atoms with Gasteiger partial charge in [-0.15, -0.1) is 0 Å². The van der Waals surface area contributed by atoms with E-state index in [1.807, 2.05) is 26.0 Å². The zero-order valence-electron chi connectivity index (χ0n) is 16.5. The Morgan fingerprint density at radius 3 is 2.46 bits per heavy atom. The molecule has 3 aromatic rings. The number of halogens is 1. The number of rotatable bonds is 6. The zero-order chi connectivity index (χ0) is 19.7. The van der Waals surface area contributed by atoms with Crippen LogP contribution in [0.15, 0.2) is 47.0 Å². The minimum Gasteiger partial charge on any atom is -0.489 e. The molecule has 1 fully saturated rings. The molecular formula is C23H25ClN2O2. The van der Waals surface area contributed by atoms with Crippen molar-refractivity contribution in [3.8, 4) is 28.6 Å². The Morgan fingerprint density at radius 1 is 1.11 bits per heavy atom. The Morgan fingerprint density at radius 2 is 1.82 bits per heavy atom. The SMILES string of the molecule is CC1CC(Cc2ccc(-c3nc(-c4ccc(OC(C)C)c(Cl)c4)no3)cc2)C1. The smallest absolute Gasteiger partial charge is 0.258 e. The number of ether oxygens (including phenoxy) is 1. The van der Waals surface area contributed by atoms with Gasteiger partial charge in [-0.05, 0) is 80.8 Å². The van der Waals surface area contributed by atoms with Gasteiger partial charge in [-0.2, -0.15) is 4.98 Å². The summed E-state index contributed by atoms with van der Waals surface area (Å²) in [5, 5.41) is 4.64. The van der Waals surface area contributed by atoms with Crippen LogP contribution in [0.3, 0.4) is 0 Å². The highest BCUT2D eigenvalue weighted by Crippen LogP contribution is 2.36. The van der Waals surface area contributed by atoms with Gasteiger partial charge in [-0.3, -0.25) is 0 Å². The van der Waals surface area contributed by atoms with E-state index in [0.29, 0.717) is 22.5 Å². The Kier molecular flexibility index (Phi) is 5.40. The average Bonchev–Trinajstić information content (AvgIpc) is 3.12. The largest absolute Gasteiger partial charge is 0.489 e. The van der Waals surface area contributed by atoms with E-state index in [-0.39, 0.29) is 6.10 Å². The van der Waals surface area contributed by atoms with Gasteiger partial charge in [0.15, 0.2) is 0 Å². The van der Waals surface area contributed by atoms with Gasteiger partial charge in [0.1, 0.15) is 5.75 Å². The Hall–Kier alpha value is -2.33. The van der Waals surface area contributed by atoms with Crippen LogP contribution in [0.2, 0.25) is 5.02 Å². The molecule has 0 amide bonds. The highest BCUT2D eigenvalue weighted by Gasteiger charge is 2.25. The number of nitrogens with zero attached hydrogens (tertiary/aromatic N) is 2. The summed E-state index contributed by atoms with van der Waals surface area (Å²) in [7, 11) is 0. The van der Waals surface area contributed by atoms with Crippen molar-refractivity contribution in [2.45, 2.75) is 46.1 Å². The van der Waals surface area contributed by atoms with E-state index in [1.54, 1.807) is 6.07 Å². The second kappa shape index (κ2) is 7.96. The van der Waals surface area contributed by atoms with Crippen molar-refractivity contribution in [3.05, 3.63) is 53.1 Å². The molecule has 0 aliphatic heterocycles. The third-order valence-electron chi connectivity index (χ3n) is 5.18. The third kappa shape index (κ3) is 4.22. The van der Waals surface area contributed by atoms with Gasteiger partial charge in [0.25, 0.3) is 5.89 Å². The third-order valence-corrected chi connectivity index (χ3v) is 5.47. The molecule has 0 radical (unpaired) electrons. The standard InChI is InChI=1S/C23H25ClN2O2/c1-14(2)27-21-9-8-19(13-20(21)24)22-25-23(28-26-22)18-6-4-16(5-7-18)12-17-10-15(3)11-17/h4-9,13-15,17H,10-12H2,1-3H3. The summed E-state index contributed by atoms with van der Waals surface area (Å²) in [5.74, 6) is 3.41.